The summed E-state index contributed by atoms with van der Waals surface area (Å²) in [6, 6.07) is 0. The lowest BCUT2D eigenvalue weighted by molar-refractivity contribution is 0.743. The van der Waals surface area contributed by atoms with Gasteiger partial charge < -0.3 is 5.43 Å². The van der Waals surface area contributed by atoms with E-state index in [9.17, 15) is 0 Å². The molecule has 0 radical (unpaired) electrons. The van der Waals surface area contributed by atoms with E-state index in [1.807, 2.05) is 13.8 Å². The molecule has 0 aliphatic carbocycles. The lowest BCUT2D eigenvalue weighted by Crippen LogP contribution is -2.36. The van der Waals surface area contributed by atoms with E-state index in [0.717, 1.165) is 11.5 Å². The number of aliphatic imine (C=N–C) groups is 1. The van der Waals surface area contributed by atoms with Crippen LogP contribution in [0.4, 0.5) is 0 Å². The van der Waals surface area contributed by atoms with Crippen LogP contribution in [0, 0.1) is 0 Å². The van der Waals surface area contributed by atoms with Crippen molar-refractivity contribution < 1.29 is 0 Å². The second kappa shape index (κ2) is 1.86. The van der Waals surface area contributed by atoms with Crippen LogP contribution in [0.5, 0.6) is 0 Å². The highest BCUT2D eigenvalue weighted by Crippen LogP contribution is 1.89. The fraction of sp³-hybridized carbons (Fsp3) is 0.400. The minimum Gasteiger partial charge on any atom is -0.303 e. The number of amidine groups is 1. The first-order chi connectivity index (χ1) is 3.79. The molecule has 0 saturated heterocycles. The van der Waals surface area contributed by atoms with Gasteiger partial charge in [-0.05, 0) is 13.8 Å². The van der Waals surface area contributed by atoms with E-state index >= 15 is 0 Å². The van der Waals surface area contributed by atoms with Crippen molar-refractivity contribution in [1.29, 1.82) is 0 Å². The molecule has 0 spiro atoms. The third-order valence-electron chi connectivity index (χ3n) is 0.892. The molecule has 2 N–H and O–H groups in total. The number of allylic oxidation sites excluding steroid dienone is 1. The van der Waals surface area contributed by atoms with Gasteiger partial charge in [0.05, 0.1) is 0 Å². The largest absolute Gasteiger partial charge is 0.303 e. The maximum absolute atomic E-state index is 3.99. The summed E-state index contributed by atoms with van der Waals surface area (Å²) in [6.45, 7) is 3.85. The molecule has 3 nitrogen and oxygen atoms in total. The minimum absolute atomic E-state index is 0.899. The Morgan fingerprint density at radius 1 is 1.38 bits per heavy atom. The monoisotopic (exact) mass is 111 g/mol. The molecule has 0 aromatic heterocycles. The number of hydrogen-bond donors (Lipinski definition) is 2. The Balaban J connectivity index is 2.65. The van der Waals surface area contributed by atoms with Crippen LogP contribution in [0.1, 0.15) is 13.8 Å². The van der Waals surface area contributed by atoms with Gasteiger partial charge in [0, 0.05) is 11.9 Å². The Hall–Kier alpha value is -0.990. The molecule has 1 aliphatic rings. The van der Waals surface area contributed by atoms with Crippen LogP contribution in [0.3, 0.4) is 0 Å². The average Bonchev–Trinajstić information content (AvgIpc) is 1.77. The number of rotatable bonds is 0. The summed E-state index contributed by atoms with van der Waals surface area (Å²) in [6.07, 6.45) is 1.78. The molecule has 0 bridgehead atoms. The summed E-state index contributed by atoms with van der Waals surface area (Å²) >= 11 is 0. The first-order valence-electron chi connectivity index (χ1n) is 2.52. The SMILES string of the molecule is CC1=CN=C(C)NN1. The molecular formula is C5H9N3. The highest BCUT2D eigenvalue weighted by molar-refractivity contribution is 5.80. The number of nitrogens with one attached hydrogen (secondary N) is 2. The van der Waals surface area contributed by atoms with Gasteiger partial charge in [0.25, 0.3) is 0 Å². The molecule has 8 heavy (non-hydrogen) atoms. The summed E-state index contributed by atoms with van der Waals surface area (Å²) < 4.78 is 0. The normalized spacial score (nSPS) is 17.8. The Kier molecular flexibility index (Phi) is 1.20. The molecule has 3 heteroatoms. The first kappa shape index (κ1) is 5.15. The molecule has 0 saturated carbocycles. The predicted octanol–water partition coefficient (Wildman–Crippen LogP) is 0.374. The van der Waals surface area contributed by atoms with Crippen LogP contribution >= 0.6 is 0 Å². The molecule has 0 atom stereocenters. The van der Waals surface area contributed by atoms with Gasteiger partial charge >= 0.3 is 0 Å². The number of hydrazine groups is 1. The predicted molar refractivity (Wildman–Crippen MR) is 33.1 cm³/mol. The molecule has 1 heterocycles. The zero-order valence-electron chi connectivity index (χ0n) is 5.02. The smallest absolute Gasteiger partial charge is 0.117 e. The fourth-order valence-electron chi connectivity index (χ4n) is 0.447. The third kappa shape index (κ3) is 0.992. The van der Waals surface area contributed by atoms with Crippen LogP contribution in [-0.4, -0.2) is 5.84 Å². The van der Waals surface area contributed by atoms with Crippen molar-refractivity contribution >= 4 is 5.84 Å². The van der Waals surface area contributed by atoms with Gasteiger partial charge in [-0.25, -0.2) is 4.99 Å². The molecule has 0 fully saturated rings. The number of hydrogen-bond acceptors (Lipinski definition) is 3. The van der Waals surface area contributed by atoms with Gasteiger partial charge in [-0.15, -0.1) is 0 Å². The van der Waals surface area contributed by atoms with E-state index in [4.69, 9.17) is 0 Å². The average molecular weight is 111 g/mol. The quantitative estimate of drug-likeness (QED) is 0.474. The highest BCUT2D eigenvalue weighted by atomic mass is 15.4. The van der Waals surface area contributed by atoms with Crippen molar-refractivity contribution in [2.45, 2.75) is 13.8 Å². The van der Waals surface area contributed by atoms with E-state index in [2.05, 4.69) is 15.8 Å². The summed E-state index contributed by atoms with van der Waals surface area (Å²) in [5, 5.41) is 0. The Bertz CT molecular complexity index is 128. The fourth-order valence-corrected chi connectivity index (χ4v) is 0.447. The van der Waals surface area contributed by atoms with Gasteiger partial charge in [-0.2, -0.15) is 0 Å². The maximum Gasteiger partial charge on any atom is 0.117 e. The molecule has 0 aromatic carbocycles. The second-order valence-electron chi connectivity index (χ2n) is 1.78. The van der Waals surface area contributed by atoms with Crippen LogP contribution < -0.4 is 10.9 Å². The van der Waals surface area contributed by atoms with Gasteiger partial charge in [0.1, 0.15) is 5.84 Å². The summed E-state index contributed by atoms with van der Waals surface area (Å²) in [4.78, 5) is 3.99. The molecular weight excluding hydrogens is 102 g/mol. The first-order valence-corrected chi connectivity index (χ1v) is 2.52. The van der Waals surface area contributed by atoms with E-state index in [-0.39, 0.29) is 0 Å². The van der Waals surface area contributed by atoms with Crippen LogP contribution in [-0.2, 0) is 0 Å². The van der Waals surface area contributed by atoms with Crippen molar-refractivity contribution in [2.75, 3.05) is 0 Å². The van der Waals surface area contributed by atoms with E-state index in [1.165, 1.54) is 0 Å². The topological polar surface area (TPSA) is 36.4 Å². The highest BCUT2D eigenvalue weighted by Gasteiger charge is 1.92. The zero-order chi connectivity index (χ0) is 5.98. The van der Waals surface area contributed by atoms with Crippen molar-refractivity contribution in [2.24, 2.45) is 4.99 Å². The van der Waals surface area contributed by atoms with Crippen LogP contribution in [0.25, 0.3) is 0 Å². The lowest BCUT2D eigenvalue weighted by atomic mass is 10.5. The van der Waals surface area contributed by atoms with E-state index in [0.29, 0.717) is 0 Å². The molecule has 1 aliphatic heterocycles. The third-order valence-corrected chi connectivity index (χ3v) is 0.892. The van der Waals surface area contributed by atoms with Crippen molar-refractivity contribution in [1.82, 2.24) is 10.9 Å². The van der Waals surface area contributed by atoms with Gasteiger partial charge in [0.2, 0.25) is 0 Å². The summed E-state index contributed by atoms with van der Waals surface area (Å²) in [5.41, 5.74) is 6.81. The van der Waals surface area contributed by atoms with Crippen LogP contribution in [0.15, 0.2) is 16.9 Å². The van der Waals surface area contributed by atoms with Crippen molar-refractivity contribution in [3.8, 4) is 0 Å². The molecule has 0 amide bonds. The van der Waals surface area contributed by atoms with Crippen molar-refractivity contribution in [3.63, 3.8) is 0 Å². The molecule has 0 aromatic rings. The summed E-state index contributed by atoms with van der Waals surface area (Å²) in [5.74, 6) is 0.899. The summed E-state index contributed by atoms with van der Waals surface area (Å²) in [7, 11) is 0. The van der Waals surface area contributed by atoms with Crippen molar-refractivity contribution in [3.05, 3.63) is 11.9 Å². The van der Waals surface area contributed by atoms with E-state index in [1.54, 1.807) is 6.20 Å². The molecule has 44 valence electrons. The molecule has 1 rings (SSSR count). The zero-order valence-corrected chi connectivity index (χ0v) is 5.02. The van der Waals surface area contributed by atoms with Gasteiger partial charge in [-0.1, -0.05) is 0 Å². The van der Waals surface area contributed by atoms with Gasteiger partial charge in [0.15, 0.2) is 0 Å². The number of nitrogens with zero attached hydrogens (tertiary/aromatic N) is 1. The minimum atomic E-state index is 0.899. The van der Waals surface area contributed by atoms with E-state index < -0.39 is 0 Å². The Labute approximate surface area is 48.5 Å². The van der Waals surface area contributed by atoms with Crippen LogP contribution in [0.2, 0.25) is 0 Å². The second-order valence-corrected chi connectivity index (χ2v) is 1.78. The van der Waals surface area contributed by atoms with Gasteiger partial charge in [-0.3, -0.25) is 5.43 Å². The lowest BCUT2D eigenvalue weighted by Gasteiger charge is -2.11. The maximum atomic E-state index is 3.99. The standard InChI is InChI=1S/C5H9N3/c1-4-3-6-5(2)8-7-4/h3,7H,1-2H3,(H,6,8). The molecule has 0 unspecified atom stereocenters. The Morgan fingerprint density at radius 3 is 2.50 bits per heavy atom. The Morgan fingerprint density at radius 2 is 2.12 bits per heavy atom.